The number of allylic oxidation sites excluding steroid dienone is 1. The molecule has 0 radical (unpaired) electrons. The molecular weight excluding hydrogens is 218 g/mol. The van der Waals surface area contributed by atoms with E-state index in [1.54, 1.807) is 7.11 Å². The van der Waals surface area contributed by atoms with Crippen LogP contribution in [-0.4, -0.2) is 12.8 Å². The van der Waals surface area contributed by atoms with E-state index < -0.39 is 0 Å². The molecule has 1 heterocycles. The Balaban J connectivity index is 2.15. The third-order valence-corrected chi connectivity index (χ3v) is 3.39. The number of ether oxygens (including phenoxy) is 1. The molecule has 16 heavy (non-hydrogen) atoms. The quantitative estimate of drug-likeness (QED) is 0.737. The van der Waals surface area contributed by atoms with Crippen molar-refractivity contribution in [2.24, 2.45) is 4.40 Å². The second-order valence-corrected chi connectivity index (χ2v) is 4.29. The maximum atomic E-state index is 5.15. The molecule has 2 rings (SSSR count). The zero-order valence-corrected chi connectivity index (χ0v) is 10.4. The van der Waals surface area contributed by atoms with Gasteiger partial charge in [-0.25, -0.2) is 4.40 Å². The molecule has 0 aliphatic carbocycles. The molecule has 2 nitrogen and oxygen atoms in total. The zero-order valence-electron chi connectivity index (χ0n) is 9.56. The number of hydrogen-bond acceptors (Lipinski definition) is 3. The van der Waals surface area contributed by atoms with E-state index in [1.165, 1.54) is 28.8 Å². The molecule has 0 saturated heterocycles. The number of nitrogens with zero attached hydrogens (tertiary/aromatic N) is 1. The summed E-state index contributed by atoms with van der Waals surface area (Å²) in [6.45, 7) is 2.15. The van der Waals surface area contributed by atoms with Gasteiger partial charge in [-0.2, -0.15) is 0 Å². The first-order valence-electron chi connectivity index (χ1n) is 5.38. The molecule has 1 aliphatic heterocycles. The number of methoxy groups -OCH3 is 1. The van der Waals surface area contributed by atoms with Crippen LogP contribution >= 0.6 is 11.9 Å². The van der Waals surface area contributed by atoms with E-state index >= 15 is 0 Å². The normalized spacial score (nSPS) is 15.4. The first kappa shape index (κ1) is 11.3. The van der Waals surface area contributed by atoms with Crippen molar-refractivity contribution < 1.29 is 4.74 Å². The summed E-state index contributed by atoms with van der Waals surface area (Å²) in [4.78, 5) is 0. The third kappa shape index (κ3) is 2.47. The van der Waals surface area contributed by atoms with Gasteiger partial charge < -0.3 is 4.74 Å². The van der Waals surface area contributed by atoms with Crippen molar-refractivity contribution in [3.05, 3.63) is 35.2 Å². The van der Waals surface area contributed by atoms with Gasteiger partial charge in [0.05, 0.1) is 7.11 Å². The second kappa shape index (κ2) is 5.21. The van der Waals surface area contributed by atoms with Crippen molar-refractivity contribution in [2.75, 3.05) is 7.11 Å². The van der Waals surface area contributed by atoms with E-state index in [0.717, 1.165) is 18.6 Å². The molecule has 1 aliphatic rings. The van der Waals surface area contributed by atoms with E-state index in [1.807, 2.05) is 12.1 Å². The summed E-state index contributed by atoms with van der Waals surface area (Å²) in [7, 11) is 1.69. The summed E-state index contributed by atoms with van der Waals surface area (Å²) < 4.78 is 9.54. The van der Waals surface area contributed by atoms with Crippen LogP contribution in [0.15, 0.2) is 34.1 Å². The van der Waals surface area contributed by atoms with Gasteiger partial charge in [-0.3, -0.25) is 0 Å². The molecule has 0 bridgehead atoms. The van der Waals surface area contributed by atoms with Gasteiger partial charge >= 0.3 is 0 Å². The lowest BCUT2D eigenvalue weighted by Crippen LogP contribution is -2.00. The van der Waals surface area contributed by atoms with Crippen molar-refractivity contribution >= 4 is 23.2 Å². The molecule has 0 saturated carbocycles. The van der Waals surface area contributed by atoms with Crippen LogP contribution in [0.3, 0.4) is 0 Å². The van der Waals surface area contributed by atoms with E-state index in [-0.39, 0.29) is 0 Å². The first-order valence-corrected chi connectivity index (χ1v) is 6.22. The number of rotatable bonds is 3. The molecule has 0 amide bonds. The topological polar surface area (TPSA) is 21.6 Å². The lowest BCUT2D eigenvalue weighted by molar-refractivity contribution is 0.415. The largest absolute Gasteiger partial charge is 0.497 e. The molecule has 1 aromatic rings. The molecule has 0 N–H and O–H groups in total. The monoisotopic (exact) mass is 233 g/mol. The van der Waals surface area contributed by atoms with E-state index in [2.05, 4.69) is 28.9 Å². The van der Waals surface area contributed by atoms with Gasteiger partial charge in [-0.15, -0.1) is 0 Å². The molecule has 0 fully saturated rings. The fraction of sp³-hybridized carbons (Fsp3) is 0.308. The predicted octanol–water partition coefficient (Wildman–Crippen LogP) is 3.94. The molecule has 0 aromatic heterocycles. The minimum Gasteiger partial charge on any atom is -0.497 e. The smallest absolute Gasteiger partial charge is 0.118 e. The number of benzene rings is 1. The highest BCUT2D eigenvalue weighted by molar-refractivity contribution is 8.01. The molecule has 0 atom stereocenters. The van der Waals surface area contributed by atoms with Gasteiger partial charge in [0.2, 0.25) is 0 Å². The molecule has 0 spiro atoms. The molecular formula is C13H15NOS. The average molecular weight is 233 g/mol. The number of hydrogen-bond donors (Lipinski definition) is 0. The predicted molar refractivity (Wildman–Crippen MR) is 70.9 cm³/mol. The van der Waals surface area contributed by atoms with Gasteiger partial charge in [0.1, 0.15) is 5.75 Å². The molecule has 84 valence electrons. The lowest BCUT2D eigenvalue weighted by atomic mass is 10.0. The van der Waals surface area contributed by atoms with Crippen LogP contribution < -0.4 is 4.74 Å². The third-order valence-electron chi connectivity index (χ3n) is 2.64. The summed E-state index contributed by atoms with van der Waals surface area (Å²) in [6, 6.07) is 8.20. The van der Waals surface area contributed by atoms with Crippen molar-refractivity contribution in [3.8, 4) is 5.75 Å². The van der Waals surface area contributed by atoms with Crippen LogP contribution in [0.4, 0.5) is 0 Å². The minimum atomic E-state index is 0.900. The van der Waals surface area contributed by atoms with Crippen molar-refractivity contribution in [1.82, 2.24) is 0 Å². The molecule has 3 heteroatoms. The van der Waals surface area contributed by atoms with Crippen molar-refractivity contribution in [2.45, 2.75) is 19.8 Å². The fourth-order valence-electron chi connectivity index (χ4n) is 1.62. The van der Waals surface area contributed by atoms with E-state index in [0.29, 0.717) is 0 Å². The maximum Gasteiger partial charge on any atom is 0.118 e. The van der Waals surface area contributed by atoms with Crippen LogP contribution in [0.5, 0.6) is 5.75 Å². The van der Waals surface area contributed by atoms with Crippen LogP contribution in [0.25, 0.3) is 5.57 Å². The van der Waals surface area contributed by atoms with Crippen LogP contribution in [0.2, 0.25) is 0 Å². The van der Waals surface area contributed by atoms with E-state index in [4.69, 9.17) is 4.74 Å². The fourth-order valence-corrected chi connectivity index (χ4v) is 2.37. The van der Waals surface area contributed by atoms with E-state index in [9.17, 15) is 0 Å². The Kier molecular flexibility index (Phi) is 3.67. The Morgan fingerprint density at radius 3 is 2.69 bits per heavy atom. The highest BCUT2D eigenvalue weighted by Crippen LogP contribution is 2.29. The Bertz CT molecular complexity index is 420. The van der Waals surface area contributed by atoms with Crippen LogP contribution in [0, 0.1) is 0 Å². The first-order chi connectivity index (χ1) is 7.83. The van der Waals surface area contributed by atoms with Gasteiger partial charge in [0, 0.05) is 24.1 Å². The summed E-state index contributed by atoms with van der Waals surface area (Å²) in [6.07, 6.45) is 2.00. The molecule has 0 unspecified atom stereocenters. The maximum absolute atomic E-state index is 5.15. The zero-order chi connectivity index (χ0) is 11.4. The van der Waals surface area contributed by atoms with Gasteiger partial charge in [0.25, 0.3) is 0 Å². The Morgan fingerprint density at radius 2 is 2.06 bits per heavy atom. The van der Waals surface area contributed by atoms with Gasteiger partial charge in [-0.05, 0) is 35.1 Å². The minimum absolute atomic E-state index is 0.900. The highest BCUT2D eigenvalue weighted by Gasteiger charge is 2.09. The van der Waals surface area contributed by atoms with Gasteiger partial charge in [0.15, 0.2) is 0 Å². The Hall–Kier alpha value is -1.22. The van der Waals surface area contributed by atoms with Gasteiger partial charge in [-0.1, -0.05) is 19.1 Å². The Morgan fingerprint density at radius 1 is 1.31 bits per heavy atom. The van der Waals surface area contributed by atoms with Crippen LogP contribution in [0.1, 0.15) is 25.3 Å². The summed E-state index contributed by atoms with van der Waals surface area (Å²) in [5.74, 6) is 0.900. The summed E-state index contributed by atoms with van der Waals surface area (Å²) in [5, 5.41) is 2.13. The Labute approximate surface area is 101 Å². The summed E-state index contributed by atoms with van der Waals surface area (Å²) in [5.41, 5.74) is 3.87. The standard InChI is InChI=1S/C13H15NOS/c1-3-12-8-11(9-16-14-12)10-4-6-13(15-2)7-5-10/h4-7,9H,3,8H2,1-2H3. The van der Waals surface area contributed by atoms with Crippen molar-refractivity contribution in [1.29, 1.82) is 0 Å². The molecule has 1 aromatic carbocycles. The summed E-state index contributed by atoms with van der Waals surface area (Å²) >= 11 is 1.54. The SMILES string of the molecule is CCC1=NSC=C(c2ccc(OC)cc2)C1. The van der Waals surface area contributed by atoms with Crippen molar-refractivity contribution in [3.63, 3.8) is 0 Å². The average Bonchev–Trinajstić information content (AvgIpc) is 2.39. The highest BCUT2D eigenvalue weighted by atomic mass is 32.2. The second-order valence-electron chi connectivity index (χ2n) is 3.66. The van der Waals surface area contributed by atoms with Crippen LogP contribution in [-0.2, 0) is 0 Å². The lowest BCUT2D eigenvalue weighted by Gasteiger charge is -2.13.